The van der Waals surface area contributed by atoms with Gasteiger partial charge in [-0.15, -0.1) is 0 Å². The maximum atomic E-state index is 14.4. The topological polar surface area (TPSA) is 81.7 Å². The van der Waals surface area contributed by atoms with Gasteiger partial charge in [-0.05, 0) is 24.6 Å². The number of amidine groups is 1. The number of pyridine rings is 1. The highest BCUT2D eigenvalue weighted by Crippen LogP contribution is 2.36. The van der Waals surface area contributed by atoms with Crippen LogP contribution in [-0.4, -0.2) is 55.0 Å². The predicted octanol–water partition coefficient (Wildman–Crippen LogP) is 3.16. The number of hydrogen-bond acceptors (Lipinski definition) is 5. The Balaban J connectivity index is 2.22. The maximum absolute atomic E-state index is 14.4. The van der Waals surface area contributed by atoms with E-state index in [-0.39, 0.29) is 28.5 Å². The van der Waals surface area contributed by atoms with E-state index in [0.717, 1.165) is 18.3 Å². The molecule has 1 unspecified atom stereocenters. The molecular formula is C20H23F5N6O. The van der Waals surface area contributed by atoms with E-state index in [4.69, 9.17) is 0 Å². The Morgan fingerprint density at radius 2 is 1.91 bits per heavy atom. The van der Waals surface area contributed by atoms with Gasteiger partial charge in [0.1, 0.15) is 17.7 Å². The lowest BCUT2D eigenvalue weighted by molar-refractivity contribution is -0.137. The van der Waals surface area contributed by atoms with Crippen molar-refractivity contribution in [2.75, 3.05) is 31.1 Å². The Kier molecular flexibility index (Phi) is 6.54. The first-order valence-electron chi connectivity index (χ1n) is 9.82. The number of amides is 2. The highest BCUT2D eigenvalue weighted by atomic mass is 19.4. The molecule has 0 saturated carbocycles. The first kappa shape index (κ1) is 23.6. The van der Waals surface area contributed by atoms with Crippen LogP contribution < -0.4 is 20.9 Å². The molecule has 2 saturated heterocycles. The largest absolute Gasteiger partial charge is 0.416 e. The second-order valence-corrected chi connectivity index (χ2v) is 7.52. The molecule has 174 valence electrons. The molecule has 3 rings (SSSR count). The number of halogens is 5. The van der Waals surface area contributed by atoms with Crippen molar-refractivity contribution in [3.8, 4) is 0 Å². The molecule has 1 aromatic heterocycles. The van der Waals surface area contributed by atoms with E-state index in [0.29, 0.717) is 33.1 Å². The zero-order valence-corrected chi connectivity index (χ0v) is 17.5. The number of hydrogen-bond donors (Lipinski definition) is 3. The zero-order valence-electron chi connectivity index (χ0n) is 17.5. The number of aliphatic imine (C=N–C) groups is 1. The number of carbonyl (C=O) groups is 1. The molecule has 2 aliphatic heterocycles. The van der Waals surface area contributed by atoms with Crippen LogP contribution in [0, 0.1) is 0 Å². The number of urea groups is 1. The molecule has 2 amide bonds. The van der Waals surface area contributed by atoms with Crippen molar-refractivity contribution in [2.24, 2.45) is 4.99 Å². The lowest BCUT2D eigenvalue weighted by Gasteiger charge is -2.34. The van der Waals surface area contributed by atoms with Gasteiger partial charge in [-0.25, -0.2) is 23.6 Å². The van der Waals surface area contributed by atoms with E-state index < -0.39 is 29.7 Å². The van der Waals surface area contributed by atoms with Gasteiger partial charge in [0.25, 0.3) is 5.92 Å². The summed E-state index contributed by atoms with van der Waals surface area (Å²) in [6, 6.07) is -0.986. The zero-order chi connectivity index (χ0) is 23.7. The molecule has 1 atom stereocenters. The summed E-state index contributed by atoms with van der Waals surface area (Å²) in [6.07, 6.45) is -3.62. The third kappa shape index (κ3) is 5.06. The van der Waals surface area contributed by atoms with Gasteiger partial charge in [-0.2, -0.15) is 13.2 Å². The standard InChI is InChI=1S/C20H23F5N6O/c1-4-27-17-15(16(19(3,21)22)29-18(32)30-17)11(2)13-9-12(20(23,24)25)10-14(28-13)31-7-5-26-6-8-31/h4,9-10,16,26H,1,5-8H2,2-3H3,(H2,27,29,30,32)/b15-11+. The van der Waals surface area contributed by atoms with Crippen LogP contribution >= 0.6 is 0 Å². The molecule has 1 aromatic rings. The predicted molar refractivity (Wildman–Crippen MR) is 111 cm³/mol. The number of alkyl halides is 5. The number of piperazine rings is 1. The summed E-state index contributed by atoms with van der Waals surface area (Å²) >= 11 is 0. The molecule has 0 aliphatic carbocycles. The van der Waals surface area contributed by atoms with Crippen LogP contribution in [0.25, 0.3) is 5.57 Å². The van der Waals surface area contributed by atoms with Crippen LogP contribution in [-0.2, 0) is 6.18 Å². The van der Waals surface area contributed by atoms with Gasteiger partial charge in [-0.3, -0.25) is 5.32 Å². The van der Waals surface area contributed by atoms with Gasteiger partial charge in [0.15, 0.2) is 0 Å². The summed E-state index contributed by atoms with van der Waals surface area (Å²) < 4.78 is 69.7. The van der Waals surface area contributed by atoms with Gasteiger partial charge in [0.05, 0.1) is 11.3 Å². The van der Waals surface area contributed by atoms with Crippen LogP contribution in [0.3, 0.4) is 0 Å². The van der Waals surface area contributed by atoms with Crippen molar-refractivity contribution in [1.82, 2.24) is 20.9 Å². The SMILES string of the molecule is C=CN=C1NC(=O)NC(C(C)(F)F)/C1=C(/C)c1cc(C(F)(F)F)cc(N2CCNCC2)n1. The number of nitrogens with one attached hydrogen (secondary N) is 3. The first-order chi connectivity index (χ1) is 14.9. The smallest absolute Gasteiger partial charge is 0.354 e. The second kappa shape index (κ2) is 8.85. The van der Waals surface area contributed by atoms with Crippen LogP contribution in [0.2, 0.25) is 0 Å². The van der Waals surface area contributed by atoms with E-state index in [1.807, 2.05) is 0 Å². The highest BCUT2D eigenvalue weighted by molar-refractivity contribution is 6.15. The highest BCUT2D eigenvalue weighted by Gasteiger charge is 2.44. The molecule has 0 bridgehead atoms. The molecule has 12 heteroatoms. The van der Waals surface area contributed by atoms with Gasteiger partial charge < -0.3 is 15.5 Å². The van der Waals surface area contributed by atoms with E-state index in [9.17, 15) is 26.7 Å². The average Bonchev–Trinajstić information content (AvgIpc) is 2.72. The second-order valence-electron chi connectivity index (χ2n) is 7.52. The van der Waals surface area contributed by atoms with Gasteiger partial charge in [0, 0.05) is 44.9 Å². The van der Waals surface area contributed by atoms with E-state index >= 15 is 0 Å². The van der Waals surface area contributed by atoms with Crippen LogP contribution in [0.4, 0.5) is 32.6 Å². The first-order valence-corrected chi connectivity index (χ1v) is 9.82. The average molecular weight is 458 g/mol. The van der Waals surface area contributed by atoms with Crippen molar-refractivity contribution in [3.63, 3.8) is 0 Å². The minimum absolute atomic E-state index is 0.0205. The number of allylic oxidation sites excluding steroid dienone is 1. The fraction of sp³-hybridized carbons (Fsp3) is 0.450. The number of aromatic nitrogens is 1. The van der Waals surface area contributed by atoms with Gasteiger partial charge in [0.2, 0.25) is 0 Å². The Bertz CT molecular complexity index is 960. The van der Waals surface area contributed by atoms with Crippen molar-refractivity contribution in [2.45, 2.75) is 32.0 Å². The lowest BCUT2D eigenvalue weighted by Crippen LogP contribution is -2.59. The van der Waals surface area contributed by atoms with Gasteiger partial charge >= 0.3 is 12.2 Å². The Morgan fingerprint density at radius 1 is 1.25 bits per heavy atom. The summed E-state index contributed by atoms with van der Waals surface area (Å²) in [6.45, 7) is 7.42. The Morgan fingerprint density at radius 3 is 2.47 bits per heavy atom. The monoisotopic (exact) mass is 458 g/mol. The molecule has 0 spiro atoms. The minimum atomic E-state index is -4.67. The number of rotatable bonds is 4. The summed E-state index contributed by atoms with van der Waals surface area (Å²) in [5, 5.41) is 7.55. The molecule has 2 aliphatic rings. The summed E-state index contributed by atoms with van der Waals surface area (Å²) in [5.41, 5.74) is -1.25. The van der Waals surface area contributed by atoms with Gasteiger partial charge in [-0.1, -0.05) is 6.58 Å². The number of carbonyl (C=O) groups excluding carboxylic acids is 1. The maximum Gasteiger partial charge on any atom is 0.416 e. The molecule has 3 heterocycles. The van der Waals surface area contributed by atoms with E-state index in [1.165, 1.54) is 6.92 Å². The number of anilines is 1. The summed E-state index contributed by atoms with van der Waals surface area (Å²) in [4.78, 5) is 21.8. The van der Waals surface area contributed by atoms with Crippen molar-refractivity contribution >= 4 is 23.3 Å². The lowest BCUT2D eigenvalue weighted by atomic mass is 9.92. The fourth-order valence-electron chi connectivity index (χ4n) is 3.58. The third-order valence-electron chi connectivity index (χ3n) is 5.15. The van der Waals surface area contributed by atoms with Crippen LogP contribution in [0.1, 0.15) is 25.1 Å². The fourth-order valence-corrected chi connectivity index (χ4v) is 3.58. The summed E-state index contributed by atoms with van der Waals surface area (Å²) in [5.74, 6) is -3.57. The molecule has 2 fully saturated rings. The molecule has 0 aromatic carbocycles. The van der Waals surface area contributed by atoms with Crippen molar-refractivity contribution in [3.05, 3.63) is 41.7 Å². The number of nitrogens with zero attached hydrogens (tertiary/aromatic N) is 3. The molecular weight excluding hydrogens is 435 g/mol. The quantitative estimate of drug-likeness (QED) is 0.606. The van der Waals surface area contributed by atoms with Crippen LogP contribution in [0.15, 0.2) is 35.5 Å². The van der Waals surface area contributed by atoms with Crippen molar-refractivity contribution < 1.29 is 26.7 Å². The van der Waals surface area contributed by atoms with Crippen molar-refractivity contribution in [1.29, 1.82) is 0 Å². The summed E-state index contributed by atoms with van der Waals surface area (Å²) in [7, 11) is 0. The third-order valence-corrected chi connectivity index (χ3v) is 5.15. The normalized spacial score (nSPS) is 23.0. The molecule has 0 radical (unpaired) electrons. The molecule has 7 nitrogen and oxygen atoms in total. The molecule has 3 N–H and O–H groups in total. The minimum Gasteiger partial charge on any atom is -0.354 e. The van der Waals surface area contributed by atoms with E-state index in [1.54, 1.807) is 4.90 Å². The van der Waals surface area contributed by atoms with E-state index in [2.05, 4.69) is 32.5 Å². The Hall–Kier alpha value is -3.02. The Labute approximate surface area is 181 Å². The molecule has 32 heavy (non-hydrogen) atoms. The van der Waals surface area contributed by atoms with Crippen LogP contribution in [0.5, 0.6) is 0 Å².